The Morgan fingerprint density at radius 1 is 1.21 bits per heavy atom. The van der Waals surface area contributed by atoms with Crippen molar-refractivity contribution in [2.75, 3.05) is 5.32 Å². The zero-order chi connectivity index (χ0) is 17.3. The van der Waals surface area contributed by atoms with E-state index in [-0.39, 0.29) is 17.2 Å². The number of carbonyl (C=O) groups is 1. The van der Waals surface area contributed by atoms with E-state index in [0.29, 0.717) is 12.8 Å². The van der Waals surface area contributed by atoms with Crippen molar-refractivity contribution in [2.45, 2.75) is 25.4 Å². The van der Waals surface area contributed by atoms with Gasteiger partial charge in [-0.2, -0.15) is 13.2 Å². The minimum absolute atomic E-state index is 0.0732. The van der Waals surface area contributed by atoms with Crippen LogP contribution in [0.1, 0.15) is 25.0 Å². The highest BCUT2D eigenvalue weighted by molar-refractivity contribution is 5.93. The Balaban J connectivity index is 1.96. The molecule has 1 saturated carbocycles. The van der Waals surface area contributed by atoms with Crippen LogP contribution in [0.5, 0.6) is 0 Å². The first-order chi connectivity index (χ1) is 11.3. The fourth-order valence-electron chi connectivity index (χ4n) is 2.39. The number of nitrogens with zero attached hydrogens (tertiary/aromatic N) is 2. The van der Waals surface area contributed by atoms with Crippen molar-refractivity contribution < 1.29 is 22.4 Å². The predicted octanol–water partition coefficient (Wildman–Crippen LogP) is 4.04. The number of hydrogen-bond acceptors (Lipinski definition) is 3. The molecule has 0 atom stereocenters. The molecule has 24 heavy (non-hydrogen) atoms. The molecule has 0 aromatic carbocycles. The lowest BCUT2D eigenvalue weighted by molar-refractivity contribution is -0.140. The second kappa shape index (κ2) is 6.18. The number of halogens is 4. The zero-order valence-corrected chi connectivity index (χ0v) is 12.4. The molecule has 3 rings (SSSR count). The molecule has 1 aliphatic rings. The molecule has 0 saturated heterocycles. The number of hydrogen-bond donors (Lipinski definition) is 1. The van der Waals surface area contributed by atoms with E-state index in [1.807, 2.05) is 0 Å². The summed E-state index contributed by atoms with van der Waals surface area (Å²) in [6, 6.07) is 3.47. The molecule has 0 spiro atoms. The van der Waals surface area contributed by atoms with Crippen LogP contribution in [0.15, 0.2) is 30.6 Å². The van der Waals surface area contributed by atoms with Crippen LogP contribution in [-0.2, 0) is 11.0 Å². The third-order valence-corrected chi connectivity index (χ3v) is 3.90. The number of aromatic nitrogens is 2. The third kappa shape index (κ3) is 3.37. The minimum atomic E-state index is -4.75. The average Bonchev–Trinajstić information content (AvgIpc) is 2.44. The van der Waals surface area contributed by atoms with Crippen LogP contribution in [0, 0.1) is 11.7 Å². The Morgan fingerprint density at radius 3 is 2.54 bits per heavy atom. The summed E-state index contributed by atoms with van der Waals surface area (Å²) in [6.45, 7) is 0. The molecular formula is C16H13F4N3O. The fourth-order valence-corrected chi connectivity index (χ4v) is 2.39. The van der Waals surface area contributed by atoms with E-state index in [4.69, 9.17) is 0 Å². The highest BCUT2D eigenvalue weighted by atomic mass is 19.4. The molecule has 2 heterocycles. The first-order valence-electron chi connectivity index (χ1n) is 7.34. The molecule has 1 amide bonds. The first-order valence-corrected chi connectivity index (χ1v) is 7.34. The predicted molar refractivity (Wildman–Crippen MR) is 78.4 cm³/mol. The monoisotopic (exact) mass is 339 g/mol. The topological polar surface area (TPSA) is 54.9 Å². The van der Waals surface area contributed by atoms with Gasteiger partial charge >= 0.3 is 6.18 Å². The summed E-state index contributed by atoms with van der Waals surface area (Å²) >= 11 is 0. The van der Waals surface area contributed by atoms with E-state index in [0.717, 1.165) is 24.8 Å². The first kappa shape index (κ1) is 16.4. The minimum Gasteiger partial charge on any atom is -0.324 e. The molecule has 126 valence electrons. The maximum Gasteiger partial charge on any atom is 0.435 e. The smallest absolute Gasteiger partial charge is 0.324 e. The van der Waals surface area contributed by atoms with E-state index >= 15 is 0 Å². The van der Waals surface area contributed by atoms with Gasteiger partial charge in [0.1, 0.15) is 5.82 Å². The molecule has 1 aliphatic carbocycles. The number of pyridine rings is 2. The van der Waals surface area contributed by atoms with Gasteiger partial charge in [-0.1, -0.05) is 6.42 Å². The molecule has 4 nitrogen and oxygen atoms in total. The van der Waals surface area contributed by atoms with Gasteiger partial charge in [-0.3, -0.25) is 9.78 Å². The van der Waals surface area contributed by atoms with Crippen molar-refractivity contribution in [3.63, 3.8) is 0 Å². The van der Waals surface area contributed by atoms with Crippen LogP contribution >= 0.6 is 0 Å². The highest BCUT2D eigenvalue weighted by Gasteiger charge is 2.37. The standard InChI is InChI=1S/C16H13F4N3O/c17-11-6-10(7-21-8-11)12-4-5-13(14(22-12)16(18,19)20)23-15(24)9-2-1-3-9/h4-9H,1-3H2,(H,23,24). The van der Waals surface area contributed by atoms with Crippen LogP contribution in [0.2, 0.25) is 0 Å². The van der Waals surface area contributed by atoms with Crippen molar-refractivity contribution in [1.29, 1.82) is 0 Å². The third-order valence-electron chi connectivity index (χ3n) is 3.90. The number of amides is 1. The molecule has 8 heteroatoms. The summed E-state index contributed by atoms with van der Waals surface area (Å²) in [5.74, 6) is -1.36. The number of rotatable bonds is 3. The van der Waals surface area contributed by atoms with E-state index < -0.39 is 29.3 Å². The lowest BCUT2D eigenvalue weighted by atomic mass is 9.85. The molecule has 1 fully saturated rings. The average molecular weight is 339 g/mol. The van der Waals surface area contributed by atoms with Gasteiger partial charge in [-0.15, -0.1) is 0 Å². The summed E-state index contributed by atoms with van der Waals surface area (Å²) in [6.07, 6.45) is -0.339. The van der Waals surface area contributed by atoms with Crippen LogP contribution in [0.3, 0.4) is 0 Å². The quantitative estimate of drug-likeness (QED) is 0.859. The van der Waals surface area contributed by atoms with E-state index in [1.54, 1.807) is 0 Å². The highest BCUT2D eigenvalue weighted by Crippen LogP contribution is 2.36. The molecule has 0 radical (unpaired) electrons. The second-order valence-electron chi connectivity index (χ2n) is 5.60. The summed E-state index contributed by atoms with van der Waals surface area (Å²) in [5.41, 5.74) is -1.56. The molecule has 1 N–H and O–H groups in total. The number of anilines is 1. The molecule has 0 unspecified atom stereocenters. The summed E-state index contributed by atoms with van der Waals surface area (Å²) in [7, 11) is 0. The van der Waals surface area contributed by atoms with Gasteiger partial charge in [-0.25, -0.2) is 9.37 Å². The Morgan fingerprint density at radius 2 is 1.96 bits per heavy atom. The van der Waals surface area contributed by atoms with Gasteiger partial charge in [0, 0.05) is 17.7 Å². The zero-order valence-electron chi connectivity index (χ0n) is 12.4. The van der Waals surface area contributed by atoms with Gasteiger partial charge in [0.15, 0.2) is 5.69 Å². The Bertz CT molecular complexity index is 772. The summed E-state index contributed by atoms with van der Waals surface area (Å²) in [4.78, 5) is 19.1. The van der Waals surface area contributed by atoms with Gasteiger partial charge in [-0.05, 0) is 31.0 Å². The normalized spacial score (nSPS) is 15.0. The number of nitrogens with one attached hydrogen (secondary N) is 1. The second-order valence-corrected chi connectivity index (χ2v) is 5.60. The van der Waals surface area contributed by atoms with E-state index in [9.17, 15) is 22.4 Å². The van der Waals surface area contributed by atoms with Crippen molar-refractivity contribution in [3.05, 3.63) is 42.1 Å². The molecule has 2 aromatic heterocycles. The molecular weight excluding hydrogens is 326 g/mol. The van der Waals surface area contributed by atoms with E-state index in [1.165, 1.54) is 12.3 Å². The van der Waals surface area contributed by atoms with Crippen molar-refractivity contribution in [1.82, 2.24) is 9.97 Å². The van der Waals surface area contributed by atoms with Gasteiger partial charge in [0.05, 0.1) is 17.6 Å². The van der Waals surface area contributed by atoms with Crippen molar-refractivity contribution >= 4 is 11.6 Å². The molecule has 0 aliphatic heterocycles. The summed E-state index contributed by atoms with van der Waals surface area (Å²) in [5, 5.41) is 2.30. The van der Waals surface area contributed by atoms with Crippen molar-refractivity contribution in [3.8, 4) is 11.3 Å². The van der Waals surface area contributed by atoms with Crippen LogP contribution < -0.4 is 5.32 Å². The fraction of sp³-hybridized carbons (Fsp3) is 0.312. The maximum absolute atomic E-state index is 13.3. The largest absolute Gasteiger partial charge is 0.435 e. The van der Waals surface area contributed by atoms with E-state index in [2.05, 4.69) is 15.3 Å². The van der Waals surface area contributed by atoms with Crippen LogP contribution in [0.25, 0.3) is 11.3 Å². The molecule has 2 aromatic rings. The van der Waals surface area contributed by atoms with Crippen LogP contribution in [0.4, 0.5) is 23.2 Å². The van der Waals surface area contributed by atoms with Gasteiger partial charge < -0.3 is 5.32 Å². The SMILES string of the molecule is O=C(Nc1ccc(-c2cncc(F)c2)nc1C(F)(F)F)C1CCC1. The lowest BCUT2D eigenvalue weighted by Gasteiger charge is -2.24. The number of carbonyl (C=O) groups excluding carboxylic acids is 1. The lowest BCUT2D eigenvalue weighted by Crippen LogP contribution is -2.29. The van der Waals surface area contributed by atoms with Gasteiger partial charge in [0.2, 0.25) is 5.91 Å². The van der Waals surface area contributed by atoms with Gasteiger partial charge in [0.25, 0.3) is 0 Å². The van der Waals surface area contributed by atoms with Crippen molar-refractivity contribution in [2.24, 2.45) is 5.92 Å². The molecule has 0 bridgehead atoms. The maximum atomic E-state index is 13.3. The Labute approximate surface area is 134 Å². The van der Waals surface area contributed by atoms with Crippen LogP contribution in [-0.4, -0.2) is 15.9 Å². The summed E-state index contributed by atoms with van der Waals surface area (Å²) < 4.78 is 53.0. The number of alkyl halides is 3. The Kier molecular flexibility index (Phi) is 4.21. The Hall–Kier alpha value is -2.51.